The van der Waals surface area contributed by atoms with Gasteiger partial charge in [0, 0.05) is 48.3 Å². The van der Waals surface area contributed by atoms with Crippen LogP contribution in [0.1, 0.15) is 10.5 Å². The van der Waals surface area contributed by atoms with Gasteiger partial charge in [-0.05, 0) is 38.4 Å². The summed E-state index contributed by atoms with van der Waals surface area (Å²) in [6.07, 6.45) is 4.95. The molecule has 0 aliphatic rings. The lowest BCUT2D eigenvalue weighted by Gasteiger charge is -2.11. The molecule has 0 spiro atoms. The highest BCUT2D eigenvalue weighted by Gasteiger charge is 2.12. The molecule has 124 valence electrons. The van der Waals surface area contributed by atoms with Gasteiger partial charge in [-0.25, -0.2) is 9.97 Å². The van der Waals surface area contributed by atoms with Crippen LogP contribution in [0, 0.1) is 0 Å². The second-order valence-corrected chi connectivity index (χ2v) is 5.83. The Morgan fingerprint density at radius 1 is 1.25 bits per heavy atom. The summed E-state index contributed by atoms with van der Waals surface area (Å²) < 4.78 is 2.20. The molecule has 0 bridgehead atoms. The summed E-state index contributed by atoms with van der Waals surface area (Å²) in [6.45, 7) is 1.88. The average molecular weight is 324 g/mol. The molecule has 2 aromatic heterocycles. The number of aromatic nitrogens is 3. The Balaban J connectivity index is 1.79. The summed E-state index contributed by atoms with van der Waals surface area (Å²) in [5.74, 6) is -0.252. The molecule has 0 saturated heterocycles. The number of likely N-dealkylation sites (N-methyl/N-ethyl adjacent to an activating group) is 1. The first-order valence-electron chi connectivity index (χ1n) is 7.66. The van der Waals surface area contributed by atoms with Crippen LogP contribution in [0.25, 0.3) is 10.9 Å². The maximum absolute atomic E-state index is 12.2. The first kappa shape index (κ1) is 15.9. The normalized spacial score (nSPS) is 11.1. The molecule has 7 heteroatoms. The second-order valence-electron chi connectivity index (χ2n) is 5.83. The number of carbonyl (C=O) groups is 1. The van der Waals surface area contributed by atoms with Gasteiger partial charge in [0.2, 0.25) is 0 Å². The van der Waals surface area contributed by atoms with Crippen LogP contribution in [0.3, 0.4) is 0 Å². The van der Waals surface area contributed by atoms with Gasteiger partial charge < -0.3 is 20.5 Å². The van der Waals surface area contributed by atoms with Crippen LogP contribution in [-0.2, 0) is 6.54 Å². The third kappa shape index (κ3) is 3.36. The predicted octanol–water partition coefficient (Wildman–Crippen LogP) is 1.83. The molecule has 0 aliphatic carbocycles. The average Bonchev–Trinajstić information content (AvgIpc) is 2.95. The second kappa shape index (κ2) is 6.67. The van der Waals surface area contributed by atoms with Crippen molar-refractivity contribution in [3.05, 3.63) is 48.5 Å². The fourth-order valence-electron chi connectivity index (χ4n) is 2.49. The van der Waals surface area contributed by atoms with Gasteiger partial charge in [0.1, 0.15) is 0 Å². The minimum Gasteiger partial charge on any atom is -0.382 e. The lowest BCUT2D eigenvalue weighted by atomic mass is 10.2. The van der Waals surface area contributed by atoms with Crippen molar-refractivity contribution in [2.24, 2.45) is 0 Å². The third-order valence-corrected chi connectivity index (χ3v) is 3.76. The van der Waals surface area contributed by atoms with Crippen LogP contribution >= 0.6 is 0 Å². The van der Waals surface area contributed by atoms with E-state index in [-0.39, 0.29) is 17.4 Å². The number of amides is 1. The van der Waals surface area contributed by atoms with E-state index >= 15 is 0 Å². The largest absolute Gasteiger partial charge is 0.382 e. The molecule has 3 aromatic rings. The summed E-state index contributed by atoms with van der Waals surface area (Å²) >= 11 is 0. The van der Waals surface area contributed by atoms with Gasteiger partial charge in [-0.3, -0.25) is 4.79 Å². The Hall–Kier alpha value is -2.93. The first-order valence-corrected chi connectivity index (χ1v) is 7.66. The van der Waals surface area contributed by atoms with Gasteiger partial charge in [0.25, 0.3) is 5.91 Å². The van der Waals surface area contributed by atoms with E-state index in [0.29, 0.717) is 5.69 Å². The Morgan fingerprint density at radius 3 is 2.79 bits per heavy atom. The van der Waals surface area contributed by atoms with Crippen LogP contribution in [0.4, 0.5) is 11.5 Å². The first-order chi connectivity index (χ1) is 11.5. The number of fused-ring (bicyclic) bond motifs is 1. The van der Waals surface area contributed by atoms with Crippen molar-refractivity contribution in [3.63, 3.8) is 0 Å². The number of carbonyl (C=O) groups excluding carboxylic acids is 1. The highest BCUT2D eigenvalue weighted by Crippen LogP contribution is 2.21. The number of nitrogens with two attached hydrogens (primary N) is 1. The van der Waals surface area contributed by atoms with Crippen LogP contribution < -0.4 is 11.1 Å². The molecular formula is C17H20N6O. The SMILES string of the molecule is CN(C)CCn1ccc2cc(NC(=O)c3nccnc3N)ccc21. The van der Waals surface area contributed by atoms with Crippen LogP contribution in [-0.4, -0.2) is 46.0 Å². The molecule has 3 rings (SSSR count). The smallest absolute Gasteiger partial charge is 0.278 e. The van der Waals surface area contributed by atoms with E-state index in [2.05, 4.69) is 45.0 Å². The lowest BCUT2D eigenvalue weighted by Crippen LogP contribution is -2.18. The summed E-state index contributed by atoms with van der Waals surface area (Å²) in [5, 5.41) is 3.88. The molecule has 0 saturated carbocycles. The zero-order chi connectivity index (χ0) is 17.1. The molecule has 24 heavy (non-hydrogen) atoms. The van der Waals surface area contributed by atoms with Gasteiger partial charge >= 0.3 is 0 Å². The van der Waals surface area contributed by atoms with Gasteiger partial charge in [-0.1, -0.05) is 0 Å². The topological polar surface area (TPSA) is 89.1 Å². The molecule has 2 heterocycles. The van der Waals surface area contributed by atoms with Gasteiger partial charge in [-0.15, -0.1) is 0 Å². The van der Waals surface area contributed by atoms with E-state index < -0.39 is 0 Å². The standard InChI is InChI=1S/C17H20N6O/c1-22(2)9-10-23-8-5-12-11-13(3-4-14(12)23)21-17(24)15-16(18)20-7-6-19-15/h3-8,11H,9-10H2,1-2H3,(H2,18,20)(H,21,24). The number of nitrogen functional groups attached to an aromatic ring is 1. The van der Waals surface area contributed by atoms with Crippen LogP contribution in [0.5, 0.6) is 0 Å². The molecule has 0 radical (unpaired) electrons. The van der Waals surface area contributed by atoms with E-state index in [1.165, 1.54) is 12.4 Å². The zero-order valence-electron chi connectivity index (χ0n) is 13.7. The summed E-state index contributed by atoms with van der Waals surface area (Å²) in [4.78, 5) is 22.2. The number of benzene rings is 1. The van der Waals surface area contributed by atoms with E-state index in [9.17, 15) is 4.79 Å². The minimum absolute atomic E-state index is 0.117. The van der Waals surface area contributed by atoms with Gasteiger partial charge in [0.15, 0.2) is 11.5 Å². The van der Waals surface area contributed by atoms with Crippen molar-refractivity contribution in [1.29, 1.82) is 0 Å². The van der Waals surface area contributed by atoms with E-state index in [1.807, 2.05) is 24.3 Å². The van der Waals surface area contributed by atoms with Crippen molar-refractivity contribution in [3.8, 4) is 0 Å². The number of nitrogens with zero attached hydrogens (tertiary/aromatic N) is 4. The maximum Gasteiger partial charge on any atom is 0.278 e. The Bertz CT molecular complexity index is 870. The van der Waals surface area contributed by atoms with E-state index in [1.54, 1.807) is 0 Å². The molecule has 0 aliphatic heterocycles. The van der Waals surface area contributed by atoms with Crippen molar-refractivity contribution >= 4 is 28.3 Å². The number of hydrogen-bond acceptors (Lipinski definition) is 5. The van der Waals surface area contributed by atoms with Crippen molar-refractivity contribution < 1.29 is 4.79 Å². The maximum atomic E-state index is 12.2. The van der Waals surface area contributed by atoms with Gasteiger partial charge in [0.05, 0.1) is 0 Å². The molecule has 1 aromatic carbocycles. The molecule has 0 fully saturated rings. The molecular weight excluding hydrogens is 304 g/mol. The van der Waals surface area contributed by atoms with E-state index in [4.69, 9.17) is 5.73 Å². The van der Waals surface area contributed by atoms with Crippen molar-refractivity contribution in [2.45, 2.75) is 6.54 Å². The van der Waals surface area contributed by atoms with Crippen LogP contribution in [0.15, 0.2) is 42.9 Å². The number of anilines is 2. The molecule has 3 N–H and O–H groups in total. The highest BCUT2D eigenvalue weighted by atomic mass is 16.1. The fraction of sp³-hybridized carbons (Fsp3) is 0.235. The molecule has 7 nitrogen and oxygen atoms in total. The minimum atomic E-state index is -0.369. The lowest BCUT2D eigenvalue weighted by molar-refractivity contribution is 0.102. The fourth-order valence-corrected chi connectivity index (χ4v) is 2.49. The van der Waals surface area contributed by atoms with Crippen LogP contribution in [0.2, 0.25) is 0 Å². The number of rotatable bonds is 5. The zero-order valence-corrected chi connectivity index (χ0v) is 13.7. The highest BCUT2D eigenvalue weighted by molar-refractivity contribution is 6.06. The molecule has 0 atom stereocenters. The van der Waals surface area contributed by atoms with E-state index in [0.717, 1.165) is 24.0 Å². The molecule has 0 unspecified atom stereocenters. The van der Waals surface area contributed by atoms with Crippen molar-refractivity contribution in [2.75, 3.05) is 31.7 Å². The van der Waals surface area contributed by atoms with Crippen molar-refractivity contribution in [1.82, 2.24) is 19.4 Å². The molecule has 1 amide bonds. The quantitative estimate of drug-likeness (QED) is 0.747. The Morgan fingerprint density at radius 2 is 2.04 bits per heavy atom. The Kier molecular flexibility index (Phi) is 4.43. The third-order valence-electron chi connectivity index (χ3n) is 3.76. The summed E-state index contributed by atoms with van der Waals surface area (Å²) in [5.41, 5.74) is 7.64. The number of nitrogens with one attached hydrogen (secondary N) is 1. The summed E-state index contributed by atoms with van der Waals surface area (Å²) in [6, 6.07) is 7.85. The Labute approximate surface area is 140 Å². The number of hydrogen-bond donors (Lipinski definition) is 2. The monoisotopic (exact) mass is 324 g/mol. The predicted molar refractivity (Wildman–Crippen MR) is 94.9 cm³/mol. The van der Waals surface area contributed by atoms with Gasteiger partial charge in [-0.2, -0.15) is 0 Å². The summed E-state index contributed by atoms with van der Waals surface area (Å²) in [7, 11) is 4.11.